The van der Waals surface area contributed by atoms with Gasteiger partial charge in [-0.1, -0.05) is 18.2 Å². The number of carbonyl (C=O) groups excluding carboxylic acids is 1. The molecule has 1 aliphatic heterocycles. The predicted molar refractivity (Wildman–Crippen MR) is 152 cm³/mol. The number of thiazole rings is 1. The highest BCUT2D eigenvalue weighted by Gasteiger charge is 2.59. The molecule has 2 aromatic heterocycles. The first-order valence-corrected chi connectivity index (χ1v) is 15.2. The number of rotatable bonds is 7. The number of ether oxygens (including phenoxy) is 2. The molecule has 2 aliphatic rings. The molecule has 1 saturated carbocycles. The molecule has 0 unspecified atom stereocenters. The zero-order valence-electron chi connectivity index (χ0n) is 21.7. The maximum Gasteiger partial charge on any atom is 0.417 e. The number of aryl methyl sites for hydroxylation is 1. The summed E-state index contributed by atoms with van der Waals surface area (Å²) in [5, 5.41) is 4.46. The molecule has 2 fully saturated rings. The van der Waals surface area contributed by atoms with E-state index in [9.17, 15) is 13.2 Å². The fourth-order valence-corrected chi connectivity index (χ4v) is 7.86. The van der Waals surface area contributed by atoms with Crippen LogP contribution in [0.1, 0.15) is 24.2 Å². The Morgan fingerprint density at radius 3 is 2.40 bits per heavy atom. The van der Waals surface area contributed by atoms with Crippen molar-refractivity contribution in [2.45, 2.75) is 28.9 Å². The van der Waals surface area contributed by atoms with E-state index < -0.39 is 20.7 Å². The van der Waals surface area contributed by atoms with Gasteiger partial charge in [0.15, 0.2) is 5.82 Å². The summed E-state index contributed by atoms with van der Waals surface area (Å²) in [5.74, 6) is 1.51. The zero-order valence-corrected chi connectivity index (χ0v) is 23.4. The summed E-state index contributed by atoms with van der Waals surface area (Å²) in [6.07, 6.45) is 0.337. The van der Waals surface area contributed by atoms with Crippen molar-refractivity contribution in [2.75, 3.05) is 36.5 Å². The molecular weight excluding hydrogens is 550 g/mol. The molecule has 0 atom stereocenters. The lowest BCUT2D eigenvalue weighted by atomic mass is 10.1. The molecule has 2 aromatic carbocycles. The van der Waals surface area contributed by atoms with Crippen LogP contribution in [-0.2, 0) is 19.3 Å². The van der Waals surface area contributed by atoms with Gasteiger partial charge in [0, 0.05) is 41.5 Å². The highest BCUT2D eigenvalue weighted by atomic mass is 32.2. The third-order valence-corrected chi connectivity index (χ3v) is 10.8. The van der Waals surface area contributed by atoms with E-state index in [0.717, 1.165) is 11.3 Å². The van der Waals surface area contributed by atoms with E-state index >= 15 is 0 Å². The summed E-state index contributed by atoms with van der Waals surface area (Å²) < 4.78 is 37.3. The summed E-state index contributed by atoms with van der Waals surface area (Å²) >= 11 is 1.14. The minimum atomic E-state index is -3.74. The fraction of sp³-hybridized carbons (Fsp3) is 0.286. The van der Waals surface area contributed by atoms with E-state index in [-0.39, 0.29) is 4.34 Å². The van der Waals surface area contributed by atoms with Gasteiger partial charge in [-0.15, -0.1) is 11.3 Å². The van der Waals surface area contributed by atoms with Crippen molar-refractivity contribution in [3.05, 3.63) is 77.4 Å². The van der Waals surface area contributed by atoms with Crippen LogP contribution >= 0.6 is 11.3 Å². The Bertz CT molecular complexity index is 1630. The molecule has 6 rings (SSSR count). The van der Waals surface area contributed by atoms with Gasteiger partial charge in [0.2, 0.25) is 14.2 Å². The summed E-state index contributed by atoms with van der Waals surface area (Å²) in [5.41, 5.74) is 2.38. The van der Waals surface area contributed by atoms with Gasteiger partial charge in [0.1, 0.15) is 16.3 Å². The third-order valence-electron chi connectivity index (χ3n) is 6.90. The van der Waals surface area contributed by atoms with E-state index in [0.29, 0.717) is 79.2 Å². The van der Waals surface area contributed by atoms with Crippen LogP contribution in [0.15, 0.2) is 70.4 Å². The van der Waals surface area contributed by atoms with Crippen molar-refractivity contribution in [2.24, 2.45) is 0 Å². The fourth-order valence-electron chi connectivity index (χ4n) is 4.59. The molecule has 206 valence electrons. The predicted octanol–water partition coefficient (Wildman–Crippen LogP) is 4.82. The molecule has 1 N–H and O–H groups in total. The summed E-state index contributed by atoms with van der Waals surface area (Å²) in [4.78, 5) is 28.3. The van der Waals surface area contributed by atoms with Crippen molar-refractivity contribution in [3.63, 3.8) is 0 Å². The second kappa shape index (κ2) is 10.6. The second-order valence-corrected chi connectivity index (χ2v) is 13.0. The Morgan fingerprint density at radius 2 is 1.75 bits per heavy atom. The van der Waals surface area contributed by atoms with Gasteiger partial charge in [0.25, 0.3) is 0 Å². The molecule has 0 spiro atoms. The van der Waals surface area contributed by atoms with E-state index in [1.807, 2.05) is 6.07 Å². The van der Waals surface area contributed by atoms with Gasteiger partial charge in [-0.3, -0.25) is 5.32 Å². The number of amides is 1. The normalized spacial score (nSPS) is 16.4. The summed E-state index contributed by atoms with van der Waals surface area (Å²) in [7, 11) is -3.74. The number of anilines is 2. The van der Waals surface area contributed by atoms with Crippen molar-refractivity contribution < 1.29 is 22.7 Å². The van der Waals surface area contributed by atoms with Gasteiger partial charge in [-0.05, 0) is 56.2 Å². The molecule has 0 bridgehead atoms. The number of nitrogens with zero attached hydrogens (tertiary/aromatic N) is 4. The monoisotopic (exact) mass is 577 g/mol. The molecule has 10 nitrogen and oxygen atoms in total. The molecule has 0 radical (unpaired) electrons. The van der Waals surface area contributed by atoms with Crippen LogP contribution in [0.4, 0.5) is 16.3 Å². The third kappa shape index (κ3) is 5.17. The van der Waals surface area contributed by atoms with Crippen LogP contribution in [0, 0.1) is 6.92 Å². The lowest BCUT2D eigenvalue weighted by molar-refractivity contribution is 0.122. The van der Waals surface area contributed by atoms with Gasteiger partial charge in [0.05, 0.1) is 18.9 Å². The number of morpholine rings is 1. The Hall–Kier alpha value is -3.87. The van der Waals surface area contributed by atoms with E-state index in [4.69, 9.17) is 19.4 Å². The van der Waals surface area contributed by atoms with E-state index in [1.54, 1.807) is 66.9 Å². The van der Waals surface area contributed by atoms with Crippen molar-refractivity contribution in [3.8, 4) is 17.1 Å². The minimum absolute atomic E-state index is 0.119. The van der Waals surface area contributed by atoms with Crippen LogP contribution in [-0.4, -0.2) is 55.8 Å². The van der Waals surface area contributed by atoms with E-state index in [1.165, 1.54) is 0 Å². The molecule has 3 heterocycles. The van der Waals surface area contributed by atoms with Crippen LogP contribution in [0.25, 0.3) is 11.4 Å². The first-order valence-electron chi connectivity index (χ1n) is 12.9. The highest BCUT2D eigenvalue weighted by molar-refractivity contribution is 7.94. The number of benzene rings is 2. The number of hydrogen-bond acceptors (Lipinski definition) is 10. The van der Waals surface area contributed by atoms with Gasteiger partial charge >= 0.3 is 6.09 Å². The number of sulfone groups is 1. The number of aromatic nitrogens is 3. The van der Waals surface area contributed by atoms with Crippen LogP contribution in [0.3, 0.4) is 0 Å². The molecule has 4 aromatic rings. The topological polar surface area (TPSA) is 124 Å². The Labute approximate surface area is 235 Å². The number of para-hydroxylation sites is 1. The quantitative estimate of drug-likeness (QED) is 0.329. The maximum absolute atomic E-state index is 13.7. The number of carbonyl (C=O) groups is 1. The van der Waals surface area contributed by atoms with Crippen molar-refractivity contribution >= 4 is 38.8 Å². The van der Waals surface area contributed by atoms with Crippen molar-refractivity contribution in [1.82, 2.24) is 15.0 Å². The standard InChI is InChI=1S/C28H27N5O5S2/c1-19-18-39-27(29-19)40(35,36)28(11-12-28)23-17-24(33-13-15-37-16-14-33)32-25(31-23)20-7-9-21(10-8-20)30-26(34)38-22-5-3-2-4-6-22/h2-10,17-18H,11-16H2,1H3,(H,30,34). The minimum Gasteiger partial charge on any atom is -0.410 e. The SMILES string of the molecule is Cc1csc(S(=O)(=O)C2(c3cc(N4CCOCC4)nc(-c4ccc(NC(=O)Oc5ccccc5)cc4)n3)CC2)n1. The smallest absolute Gasteiger partial charge is 0.410 e. The van der Waals surface area contributed by atoms with Crippen LogP contribution < -0.4 is 15.0 Å². The Balaban J connectivity index is 1.31. The molecule has 12 heteroatoms. The summed E-state index contributed by atoms with van der Waals surface area (Å²) in [6, 6.07) is 17.6. The summed E-state index contributed by atoms with van der Waals surface area (Å²) in [6.45, 7) is 4.21. The molecule has 40 heavy (non-hydrogen) atoms. The van der Waals surface area contributed by atoms with E-state index in [2.05, 4.69) is 15.2 Å². The van der Waals surface area contributed by atoms with Crippen molar-refractivity contribution in [1.29, 1.82) is 0 Å². The number of nitrogens with one attached hydrogen (secondary N) is 1. The first-order chi connectivity index (χ1) is 19.3. The lowest BCUT2D eigenvalue weighted by Gasteiger charge is -2.29. The largest absolute Gasteiger partial charge is 0.417 e. The number of hydrogen-bond donors (Lipinski definition) is 1. The van der Waals surface area contributed by atoms with Gasteiger partial charge < -0.3 is 14.4 Å². The highest BCUT2D eigenvalue weighted by Crippen LogP contribution is 2.55. The van der Waals surface area contributed by atoms with Gasteiger partial charge in [-0.2, -0.15) is 0 Å². The second-order valence-electron chi connectivity index (χ2n) is 9.69. The molecule has 1 amide bonds. The Kier molecular flexibility index (Phi) is 6.99. The average Bonchev–Trinajstić information content (AvgIpc) is 3.69. The molecular formula is C28H27N5O5S2. The van der Waals surface area contributed by atoms with Crippen LogP contribution in [0.2, 0.25) is 0 Å². The lowest BCUT2D eigenvalue weighted by Crippen LogP contribution is -2.37. The molecule has 1 aliphatic carbocycles. The van der Waals surface area contributed by atoms with Gasteiger partial charge in [-0.25, -0.2) is 28.2 Å². The Morgan fingerprint density at radius 1 is 1.02 bits per heavy atom. The maximum atomic E-state index is 13.7. The van der Waals surface area contributed by atoms with Crippen LogP contribution in [0.5, 0.6) is 5.75 Å². The average molecular weight is 578 g/mol. The first kappa shape index (κ1) is 26.4. The zero-order chi connectivity index (χ0) is 27.7. The molecule has 1 saturated heterocycles.